The number of nitro groups is 1. The molecule has 168 valence electrons. The molecule has 0 aliphatic heterocycles. The zero-order valence-electron chi connectivity index (χ0n) is 17.4. The molecule has 11 heteroatoms. The molecule has 0 saturated heterocycles. The number of hydrogen-bond donors (Lipinski definition) is 2. The minimum absolute atomic E-state index is 0.145. The van der Waals surface area contributed by atoms with Gasteiger partial charge in [-0.05, 0) is 30.7 Å². The number of hydrogen-bond acceptors (Lipinski definition) is 6. The summed E-state index contributed by atoms with van der Waals surface area (Å²) < 4.78 is 28.8. The minimum Gasteiger partial charge on any atom is -0.294 e. The van der Waals surface area contributed by atoms with Crippen molar-refractivity contribution < 1.29 is 13.3 Å². The predicted molar refractivity (Wildman–Crippen MR) is 122 cm³/mol. The first-order chi connectivity index (χ1) is 15.7. The van der Waals surface area contributed by atoms with Gasteiger partial charge in [0.1, 0.15) is 0 Å². The van der Waals surface area contributed by atoms with Gasteiger partial charge in [0.05, 0.1) is 21.7 Å². The van der Waals surface area contributed by atoms with Gasteiger partial charge in [0.2, 0.25) is 0 Å². The molecule has 2 N–H and O–H groups in total. The molecule has 2 heterocycles. The molecule has 0 spiro atoms. The van der Waals surface area contributed by atoms with Crippen LogP contribution in [0.1, 0.15) is 16.8 Å². The van der Waals surface area contributed by atoms with E-state index in [0.29, 0.717) is 23.5 Å². The van der Waals surface area contributed by atoms with E-state index in [9.17, 15) is 23.3 Å². The number of nitrogens with zero attached hydrogens (tertiary/aromatic N) is 3. The number of benzene rings is 2. The Kier molecular flexibility index (Phi) is 5.80. The molecule has 0 unspecified atom stereocenters. The lowest BCUT2D eigenvalue weighted by Crippen LogP contribution is -2.19. The van der Waals surface area contributed by atoms with Crippen LogP contribution in [0.5, 0.6) is 0 Å². The number of rotatable bonds is 7. The third kappa shape index (κ3) is 4.67. The molecule has 0 amide bonds. The minimum atomic E-state index is -4.06. The molecule has 0 aliphatic rings. The Morgan fingerprint density at radius 1 is 1.09 bits per heavy atom. The third-order valence-electron chi connectivity index (χ3n) is 4.99. The number of non-ortho nitro benzene ring substituents is 1. The Morgan fingerprint density at radius 3 is 2.52 bits per heavy atom. The van der Waals surface area contributed by atoms with E-state index in [-0.39, 0.29) is 21.8 Å². The third-order valence-corrected chi connectivity index (χ3v) is 6.36. The SMILES string of the molecule is Cc1[nH]n(-c2ccc(NS(=O)(=O)c3cccc([N+](=O)[O-])c3)cn2)c(=O)c1Cc1ccccc1. The van der Waals surface area contributed by atoms with Crippen molar-refractivity contribution in [3.63, 3.8) is 0 Å². The Morgan fingerprint density at radius 2 is 1.85 bits per heavy atom. The summed E-state index contributed by atoms with van der Waals surface area (Å²) in [5.74, 6) is 0.292. The molecule has 2 aromatic carbocycles. The summed E-state index contributed by atoms with van der Waals surface area (Å²) in [6.45, 7) is 1.80. The fraction of sp³-hybridized carbons (Fsp3) is 0.0909. The summed E-state index contributed by atoms with van der Waals surface area (Å²) in [6, 6.07) is 17.3. The second kappa shape index (κ2) is 8.71. The van der Waals surface area contributed by atoms with Crippen molar-refractivity contribution >= 4 is 21.4 Å². The quantitative estimate of drug-likeness (QED) is 0.317. The number of pyridine rings is 1. The second-order valence-corrected chi connectivity index (χ2v) is 8.97. The number of anilines is 1. The first-order valence-electron chi connectivity index (χ1n) is 9.83. The molecule has 0 atom stereocenters. The Labute approximate surface area is 188 Å². The molecule has 0 saturated carbocycles. The summed E-state index contributed by atoms with van der Waals surface area (Å²) in [6.07, 6.45) is 1.74. The lowest BCUT2D eigenvalue weighted by molar-refractivity contribution is -0.385. The molecule has 0 fully saturated rings. The van der Waals surface area contributed by atoms with Crippen LogP contribution >= 0.6 is 0 Å². The highest BCUT2D eigenvalue weighted by Crippen LogP contribution is 2.20. The maximum atomic E-state index is 12.9. The first kappa shape index (κ1) is 22.0. The highest BCUT2D eigenvalue weighted by molar-refractivity contribution is 7.92. The predicted octanol–water partition coefficient (Wildman–Crippen LogP) is 3.17. The van der Waals surface area contributed by atoms with Gasteiger partial charge in [0.25, 0.3) is 21.3 Å². The van der Waals surface area contributed by atoms with E-state index < -0.39 is 14.9 Å². The van der Waals surface area contributed by atoms with Crippen molar-refractivity contribution in [3.05, 3.63) is 110 Å². The van der Waals surface area contributed by atoms with E-state index in [0.717, 1.165) is 11.6 Å². The number of sulfonamides is 1. The van der Waals surface area contributed by atoms with Gasteiger partial charge in [0.15, 0.2) is 5.82 Å². The summed E-state index contributed by atoms with van der Waals surface area (Å²) in [5, 5.41) is 13.9. The summed E-state index contributed by atoms with van der Waals surface area (Å²) >= 11 is 0. The van der Waals surface area contributed by atoms with Gasteiger partial charge >= 0.3 is 0 Å². The zero-order valence-corrected chi connectivity index (χ0v) is 18.2. The Balaban J connectivity index is 1.57. The normalized spacial score (nSPS) is 11.3. The molecule has 0 radical (unpaired) electrons. The van der Waals surface area contributed by atoms with Crippen molar-refractivity contribution in [1.82, 2.24) is 14.8 Å². The van der Waals surface area contributed by atoms with Gasteiger partial charge in [0, 0.05) is 29.8 Å². The number of H-pyrrole nitrogens is 1. The second-order valence-electron chi connectivity index (χ2n) is 7.28. The van der Waals surface area contributed by atoms with Crippen LogP contribution in [0.25, 0.3) is 5.82 Å². The van der Waals surface area contributed by atoms with Crippen molar-refractivity contribution in [3.8, 4) is 5.82 Å². The number of aromatic amines is 1. The van der Waals surface area contributed by atoms with Crippen LogP contribution in [0, 0.1) is 17.0 Å². The van der Waals surface area contributed by atoms with E-state index in [2.05, 4.69) is 14.8 Å². The van der Waals surface area contributed by atoms with Gasteiger partial charge in [-0.3, -0.25) is 24.7 Å². The van der Waals surface area contributed by atoms with Gasteiger partial charge < -0.3 is 0 Å². The average Bonchev–Trinajstić information content (AvgIpc) is 3.08. The molecule has 2 aromatic heterocycles. The molecule has 0 aliphatic carbocycles. The Bertz CT molecular complexity index is 1480. The largest absolute Gasteiger partial charge is 0.294 e. The summed E-state index contributed by atoms with van der Waals surface area (Å²) in [4.78, 5) is 27.1. The van der Waals surface area contributed by atoms with Gasteiger partial charge in [-0.1, -0.05) is 36.4 Å². The maximum Gasteiger partial charge on any atom is 0.276 e. The van der Waals surface area contributed by atoms with E-state index in [1.54, 1.807) is 6.92 Å². The number of aromatic nitrogens is 3. The van der Waals surface area contributed by atoms with E-state index in [4.69, 9.17) is 0 Å². The highest BCUT2D eigenvalue weighted by Gasteiger charge is 2.18. The fourth-order valence-corrected chi connectivity index (χ4v) is 4.39. The van der Waals surface area contributed by atoms with Gasteiger partial charge in [-0.25, -0.2) is 18.1 Å². The van der Waals surface area contributed by atoms with Crippen LogP contribution in [0.3, 0.4) is 0 Å². The first-order valence-corrected chi connectivity index (χ1v) is 11.3. The average molecular weight is 465 g/mol. The zero-order chi connectivity index (χ0) is 23.6. The van der Waals surface area contributed by atoms with Crippen molar-refractivity contribution in [2.45, 2.75) is 18.2 Å². The van der Waals surface area contributed by atoms with Crippen molar-refractivity contribution in [1.29, 1.82) is 0 Å². The molecular weight excluding hydrogens is 446 g/mol. The topological polar surface area (TPSA) is 140 Å². The van der Waals surface area contributed by atoms with E-state index in [1.807, 2.05) is 30.3 Å². The van der Waals surface area contributed by atoms with Crippen LogP contribution in [-0.2, 0) is 16.4 Å². The smallest absolute Gasteiger partial charge is 0.276 e. The summed E-state index contributed by atoms with van der Waals surface area (Å²) in [7, 11) is -4.06. The highest BCUT2D eigenvalue weighted by atomic mass is 32.2. The van der Waals surface area contributed by atoms with Crippen LogP contribution in [0.2, 0.25) is 0 Å². The van der Waals surface area contributed by atoms with Crippen LogP contribution < -0.4 is 10.3 Å². The van der Waals surface area contributed by atoms with Gasteiger partial charge in [-0.2, -0.15) is 0 Å². The standard InChI is InChI=1S/C22H19N5O5S/c1-15-20(12-16-6-3-2-4-7-16)22(28)26(24-15)21-11-10-17(14-23-21)25-33(31,32)19-9-5-8-18(13-19)27(29)30/h2-11,13-14,24-25H,12H2,1H3. The van der Waals surface area contributed by atoms with Crippen molar-refractivity contribution in [2.75, 3.05) is 4.72 Å². The van der Waals surface area contributed by atoms with Crippen LogP contribution in [0.4, 0.5) is 11.4 Å². The maximum absolute atomic E-state index is 12.9. The molecule has 4 aromatic rings. The van der Waals surface area contributed by atoms with Crippen LogP contribution in [0.15, 0.2) is 82.6 Å². The lowest BCUT2D eigenvalue weighted by atomic mass is 10.1. The fourth-order valence-electron chi connectivity index (χ4n) is 3.31. The van der Waals surface area contributed by atoms with E-state index >= 15 is 0 Å². The molecule has 4 rings (SSSR count). The summed E-state index contributed by atoms with van der Waals surface area (Å²) in [5.41, 5.74) is 1.89. The van der Waals surface area contributed by atoms with Crippen LogP contribution in [-0.4, -0.2) is 28.1 Å². The number of nitrogens with one attached hydrogen (secondary N) is 2. The van der Waals surface area contributed by atoms with E-state index in [1.165, 1.54) is 41.2 Å². The molecular formula is C22H19N5O5S. The lowest BCUT2D eigenvalue weighted by Gasteiger charge is -2.08. The number of nitro benzene ring substituents is 1. The molecule has 10 nitrogen and oxygen atoms in total. The molecule has 0 bridgehead atoms. The molecule has 33 heavy (non-hydrogen) atoms. The van der Waals surface area contributed by atoms with Gasteiger partial charge in [-0.15, -0.1) is 0 Å². The monoisotopic (exact) mass is 465 g/mol. The Hall–Kier alpha value is -4.25. The van der Waals surface area contributed by atoms with Crippen molar-refractivity contribution in [2.24, 2.45) is 0 Å². The number of aryl methyl sites for hydroxylation is 1.